The summed E-state index contributed by atoms with van der Waals surface area (Å²) in [6.07, 6.45) is 1.37. The second kappa shape index (κ2) is 6.11. The fraction of sp³-hybridized carbons (Fsp3) is 0.158. The smallest absolute Gasteiger partial charge is 0.235 e. The summed E-state index contributed by atoms with van der Waals surface area (Å²) in [6.45, 7) is 4.16. The van der Waals surface area contributed by atoms with E-state index in [2.05, 4.69) is 15.1 Å². The van der Waals surface area contributed by atoms with Gasteiger partial charge in [0, 0.05) is 5.56 Å². The van der Waals surface area contributed by atoms with Gasteiger partial charge in [0.15, 0.2) is 5.78 Å². The summed E-state index contributed by atoms with van der Waals surface area (Å²) in [7, 11) is 0. The molecule has 7 nitrogen and oxygen atoms in total. The standard InChI is InChI=1S/C19H18N6O/c1-12-7-8-14(9-13(12)2)17(26)10-24-16-6-4-3-5-15(16)23-19(24)25-18(20)21-11-22-25/h3-9,11H,10H2,1-2H3,(H2,20,21,22). The molecule has 0 radical (unpaired) electrons. The van der Waals surface area contributed by atoms with Gasteiger partial charge in [-0.2, -0.15) is 14.8 Å². The van der Waals surface area contributed by atoms with Crippen LogP contribution < -0.4 is 5.73 Å². The molecule has 0 amide bonds. The number of nitrogens with two attached hydrogens (primary N) is 1. The van der Waals surface area contributed by atoms with Crippen molar-refractivity contribution >= 4 is 22.8 Å². The summed E-state index contributed by atoms with van der Waals surface area (Å²) < 4.78 is 3.26. The molecule has 26 heavy (non-hydrogen) atoms. The summed E-state index contributed by atoms with van der Waals surface area (Å²) >= 11 is 0. The number of anilines is 1. The van der Waals surface area contributed by atoms with Crippen LogP contribution in [-0.4, -0.2) is 30.1 Å². The summed E-state index contributed by atoms with van der Waals surface area (Å²) in [6, 6.07) is 13.4. The molecular weight excluding hydrogens is 328 g/mol. The third-order valence-electron chi connectivity index (χ3n) is 4.53. The number of imidazole rings is 1. The van der Waals surface area contributed by atoms with Crippen molar-refractivity contribution < 1.29 is 4.79 Å². The van der Waals surface area contributed by atoms with Crippen molar-refractivity contribution in [2.45, 2.75) is 20.4 Å². The van der Waals surface area contributed by atoms with Crippen LogP contribution in [0.15, 0.2) is 48.8 Å². The Hall–Kier alpha value is -3.48. The van der Waals surface area contributed by atoms with Crippen molar-refractivity contribution in [2.75, 3.05) is 5.73 Å². The molecular formula is C19H18N6O. The molecule has 0 aliphatic carbocycles. The predicted octanol–water partition coefficient (Wildman–Crippen LogP) is 2.70. The van der Waals surface area contributed by atoms with Crippen LogP contribution >= 0.6 is 0 Å². The van der Waals surface area contributed by atoms with Crippen LogP contribution in [-0.2, 0) is 6.54 Å². The Morgan fingerprint density at radius 2 is 1.92 bits per heavy atom. The fourth-order valence-corrected chi connectivity index (χ4v) is 2.93. The first-order valence-corrected chi connectivity index (χ1v) is 8.26. The zero-order valence-electron chi connectivity index (χ0n) is 14.5. The molecule has 0 saturated heterocycles. The number of ketones is 1. The van der Waals surface area contributed by atoms with Crippen molar-refractivity contribution in [2.24, 2.45) is 0 Å². The Bertz CT molecular complexity index is 1120. The van der Waals surface area contributed by atoms with Crippen LogP contribution in [0.25, 0.3) is 17.0 Å². The van der Waals surface area contributed by atoms with Gasteiger partial charge < -0.3 is 10.3 Å². The number of nitrogen functional groups attached to an aromatic ring is 1. The molecule has 2 heterocycles. The van der Waals surface area contributed by atoms with E-state index in [1.165, 1.54) is 11.0 Å². The normalized spacial score (nSPS) is 11.2. The summed E-state index contributed by atoms with van der Waals surface area (Å²) in [5.41, 5.74) is 10.4. The first-order chi connectivity index (χ1) is 12.5. The number of para-hydroxylation sites is 2. The van der Waals surface area contributed by atoms with Gasteiger partial charge in [-0.25, -0.2) is 4.98 Å². The van der Waals surface area contributed by atoms with E-state index in [0.29, 0.717) is 11.5 Å². The van der Waals surface area contributed by atoms with Crippen molar-refractivity contribution in [3.63, 3.8) is 0 Å². The Morgan fingerprint density at radius 1 is 1.12 bits per heavy atom. The van der Waals surface area contributed by atoms with Crippen LogP contribution in [0, 0.1) is 13.8 Å². The Morgan fingerprint density at radius 3 is 2.65 bits per heavy atom. The largest absolute Gasteiger partial charge is 0.368 e. The van der Waals surface area contributed by atoms with Gasteiger partial charge in [-0.3, -0.25) is 4.79 Å². The number of rotatable bonds is 4. The molecule has 4 aromatic rings. The van der Waals surface area contributed by atoms with Gasteiger partial charge in [-0.1, -0.05) is 24.3 Å². The predicted molar refractivity (Wildman–Crippen MR) is 99.3 cm³/mol. The molecule has 0 saturated carbocycles. The maximum Gasteiger partial charge on any atom is 0.235 e. The number of benzene rings is 2. The monoisotopic (exact) mass is 346 g/mol. The Balaban J connectivity index is 1.81. The number of nitrogens with zero attached hydrogens (tertiary/aromatic N) is 5. The van der Waals surface area contributed by atoms with E-state index in [0.717, 1.165) is 22.2 Å². The lowest BCUT2D eigenvalue weighted by molar-refractivity contribution is 0.0973. The highest BCUT2D eigenvalue weighted by atomic mass is 16.1. The lowest BCUT2D eigenvalue weighted by atomic mass is 10.0. The molecule has 0 bridgehead atoms. The van der Waals surface area contributed by atoms with E-state index in [1.54, 1.807) is 0 Å². The number of fused-ring (bicyclic) bond motifs is 1. The van der Waals surface area contributed by atoms with Gasteiger partial charge in [0.25, 0.3) is 0 Å². The van der Waals surface area contributed by atoms with E-state index >= 15 is 0 Å². The molecule has 4 rings (SSSR count). The molecule has 2 aromatic heterocycles. The average Bonchev–Trinajstić information content (AvgIpc) is 3.21. The van der Waals surface area contributed by atoms with Gasteiger partial charge in [0.05, 0.1) is 17.6 Å². The summed E-state index contributed by atoms with van der Waals surface area (Å²) in [5, 5.41) is 4.13. The Labute approximate surface area is 150 Å². The summed E-state index contributed by atoms with van der Waals surface area (Å²) in [5.74, 6) is 0.690. The quantitative estimate of drug-likeness (QED) is 0.574. The fourth-order valence-electron chi connectivity index (χ4n) is 2.93. The molecule has 0 fully saturated rings. The molecule has 0 unspecified atom stereocenters. The third kappa shape index (κ3) is 2.63. The van der Waals surface area contributed by atoms with Crippen molar-refractivity contribution in [1.82, 2.24) is 24.3 Å². The number of aromatic nitrogens is 5. The molecule has 2 N–H and O–H groups in total. The zero-order chi connectivity index (χ0) is 18.3. The molecule has 130 valence electrons. The highest BCUT2D eigenvalue weighted by molar-refractivity contribution is 5.97. The minimum atomic E-state index is -0.00353. The summed E-state index contributed by atoms with van der Waals surface area (Å²) in [4.78, 5) is 21.4. The SMILES string of the molecule is Cc1ccc(C(=O)Cn2c(-n3ncnc3N)nc3ccccc32)cc1C. The van der Waals surface area contributed by atoms with Crippen molar-refractivity contribution in [3.05, 3.63) is 65.5 Å². The molecule has 7 heteroatoms. The van der Waals surface area contributed by atoms with E-state index in [9.17, 15) is 4.79 Å². The lowest BCUT2D eigenvalue weighted by Gasteiger charge is -2.10. The maximum absolute atomic E-state index is 12.9. The second-order valence-electron chi connectivity index (χ2n) is 6.24. The first kappa shape index (κ1) is 16.0. The average molecular weight is 346 g/mol. The maximum atomic E-state index is 12.9. The van der Waals surface area contributed by atoms with Gasteiger partial charge in [0.2, 0.25) is 11.9 Å². The number of hydrogen-bond donors (Lipinski definition) is 1. The van der Waals surface area contributed by atoms with Gasteiger partial charge in [0.1, 0.15) is 6.33 Å². The van der Waals surface area contributed by atoms with E-state index < -0.39 is 0 Å². The third-order valence-corrected chi connectivity index (χ3v) is 4.53. The highest BCUT2D eigenvalue weighted by Gasteiger charge is 2.18. The molecule has 0 spiro atoms. The van der Waals surface area contributed by atoms with Gasteiger partial charge >= 0.3 is 0 Å². The first-order valence-electron chi connectivity index (χ1n) is 8.26. The topological polar surface area (TPSA) is 91.6 Å². The molecule has 0 aliphatic rings. The number of carbonyl (C=O) groups is 1. The van der Waals surface area contributed by atoms with E-state index in [4.69, 9.17) is 5.73 Å². The minimum absolute atomic E-state index is 0.00353. The van der Waals surface area contributed by atoms with E-state index in [-0.39, 0.29) is 18.3 Å². The minimum Gasteiger partial charge on any atom is -0.368 e. The number of carbonyl (C=O) groups excluding carboxylic acids is 1. The van der Waals surface area contributed by atoms with Crippen LogP contribution in [0.5, 0.6) is 0 Å². The second-order valence-corrected chi connectivity index (χ2v) is 6.24. The van der Waals surface area contributed by atoms with Crippen molar-refractivity contribution in [1.29, 1.82) is 0 Å². The molecule has 0 atom stereocenters. The van der Waals surface area contributed by atoms with Crippen molar-refractivity contribution in [3.8, 4) is 5.95 Å². The highest BCUT2D eigenvalue weighted by Crippen LogP contribution is 2.21. The van der Waals surface area contributed by atoms with Crippen LogP contribution in [0.2, 0.25) is 0 Å². The number of aryl methyl sites for hydroxylation is 2. The van der Waals surface area contributed by atoms with Gasteiger partial charge in [-0.15, -0.1) is 0 Å². The molecule has 0 aliphatic heterocycles. The van der Waals surface area contributed by atoms with Crippen LogP contribution in [0.4, 0.5) is 5.95 Å². The molecule has 2 aromatic carbocycles. The number of Topliss-reactive ketones (excluding diaryl/α,β-unsaturated/α-hetero) is 1. The van der Waals surface area contributed by atoms with Crippen LogP contribution in [0.3, 0.4) is 0 Å². The van der Waals surface area contributed by atoms with Crippen LogP contribution in [0.1, 0.15) is 21.5 Å². The van der Waals surface area contributed by atoms with E-state index in [1.807, 2.05) is 60.9 Å². The number of hydrogen-bond acceptors (Lipinski definition) is 5. The zero-order valence-corrected chi connectivity index (χ0v) is 14.5. The van der Waals surface area contributed by atoms with Gasteiger partial charge in [-0.05, 0) is 43.2 Å². The Kier molecular flexibility index (Phi) is 3.76. The lowest BCUT2D eigenvalue weighted by Crippen LogP contribution is -2.16.